The molecular formula is C12H17BrN2O2. The Labute approximate surface area is 109 Å². The molecule has 1 aromatic carbocycles. The Bertz CT molecular complexity index is 421. The summed E-state index contributed by atoms with van der Waals surface area (Å²) in [5, 5.41) is 0. The van der Waals surface area contributed by atoms with Gasteiger partial charge in [0.1, 0.15) is 5.75 Å². The summed E-state index contributed by atoms with van der Waals surface area (Å²) in [5.74, 6) is 0.194. The van der Waals surface area contributed by atoms with Gasteiger partial charge in [0.15, 0.2) is 6.10 Å². The maximum absolute atomic E-state index is 11.2. The lowest BCUT2D eigenvalue weighted by Gasteiger charge is -2.19. The maximum Gasteiger partial charge on any atom is 0.258 e. The molecule has 5 heteroatoms. The van der Waals surface area contributed by atoms with Crippen LogP contribution in [0.1, 0.15) is 24.5 Å². The second-order valence-electron chi connectivity index (χ2n) is 3.83. The smallest absolute Gasteiger partial charge is 0.258 e. The zero-order chi connectivity index (χ0) is 13.0. The van der Waals surface area contributed by atoms with Crippen LogP contribution >= 0.6 is 15.9 Å². The third-order valence-corrected chi connectivity index (χ3v) is 2.94. The zero-order valence-electron chi connectivity index (χ0n) is 10.00. The minimum atomic E-state index is -0.611. The zero-order valence-corrected chi connectivity index (χ0v) is 11.6. The first-order valence-corrected chi connectivity index (χ1v) is 6.24. The van der Waals surface area contributed by atoms with E-state index in [4.69, 9.17) is 16.2 Å². The Morgan fingerprint density at radius 2 is 2.18 bits per heavy atom. The summed E-state index contributed by atoms with van der Waals surface area (Å²) in [6.45, 7) is 4.11. The fraction of sp³-hybridized carbons (Fsp3) is 0.417. The number of rotatable bonds is 5. The van der Waals surface area contributed by atoms with Gasteiger partial charge < -0.3 is 16.2 Å². The molecule has 0 radical (unpaired) electrons. The lowest BCUT2D eigenvalue weighted by Crippen LogP contribution is -2.33. The van der Waals surface area contributed by atoms with E-state index in [0.717, 1.165) is 15.6 Å². The molecule has 0 aliphatic rings. The molecule has 17 heavy (non-hydrogen) atoms. The van der Waals surface area contributed by atoms with Gasteiger partial charge in [-0.1, -0.05) is 22.9 Å². The van der Waals surface area contributed by atoms with Gasteiger partial charge in [-0.3, -0.25) is 4.79 Å². The van der Waals surface area contributed by atoms with E-state index >= 15 is 0 Å². The van der Waals surface area contributed by atoms with Gasteiger partial charge in [-0.15, -0.1) is 0 Å². The number of carbonyl (C=O) groups is 1. The van der Waals surface area contributed by atoms with Crippen molar-refractivity contribution in [2.45, 2.75) is 32.9 Å². The lowest BCUT2D eigenvalue weighted by molar-refractivity contribution is -0.124. The Kier molecular flexibility index (Phi) is 4.96. The third-order valence-electron chi connectivity index (χ3n) is 2.48. The van der Waals surface area contributed by atoms with E-state index < -0.39 is 12.0 Å². The molecule has 1 aromatic rings. The highest BCUT2D eigenvalue weighted by molar-refractivity contribution is 9.10. The molecule has 4 N–H and O–H groups in total. The van der Waals surface area contributed by atoms with Crippen LogP contribution < -0.4 is 16.2 Å². The summed E-state index contributed by atoms with van der Waals surface area (Å²) in [6.07, 6.45) is -0.0744. The summed E-state index contributed by atoms with van der Waals surface area (Å²) >= 11 is 3.40. The van der Waals surface area contributed by atoms with Crippen molar-refractivity contribution in [3.63, 3.8) is 0 Å². The van der Waals surface area contributed by atoms with Crippen LogP contribution in [-0.2, 0) is 11.3 Å². The molecule has 0 aliphatic heterocycles. The molecule has 0 bridgehead atoms. The minimum absolute atomic E-state index is 0.352. The van der Waals surface area contributed by atoms with Crippen molar-refractivity contribution in [2.24, 2.45) is 11.5 Å². The second kappa shape index (κ2) is 6.02. The predicted molar refractivity (Wildman–Crippen MR) is 70.7 cm³/mol. The average molecular weight is 301 g/mol. The largest absolute Gasteiger partial charge is 0.480 e. The SMILES string of the molecule is CCC(Oc1c(C)cc(Br)cc1CN)C(N)=O. The van der Waals surface area contributed by atoms with Crippen molar-refractivity contribution in [2.75, 3.05) is 0 Å². The number of benzene rings is 1. The quantitative estimate of drug-likeness (QED) is 0.871. The maximum atomic E-state index is 11.2. The summed E-state index contributed by atoms with van der Waals surface area (Å²) in [4.78, 5) is 11.2. The Hall–Kier alpha value is -1.07. The number of aryl methyl sites for hydroxylation is 1. The first-order chi connectivity index (χ1) is 7.99. The summed E-state index contributed by atoms with van der Waals surface area (Å²) < 4.78 is 6.60. The number of carbonyl (C=O) groups excluding carboxylic acids is 1. The van der Waals surface area contributed by atoms with Crippen LogP contribution in [0.4, 0.5) is 0 Å². The van der Waals surface area contributed by atoms with Crippen molar-refractivity contribution in [3.8, 4) is 5.75 Å². The molecule has 1 unspecified atom stereocenters. The Morgan fingerprint density at radius 3 is 2.65 bits per heavy atom. The Balaban J connectivity index is 3.08. The highest BCUT2D eigenvalue weighted by Gasteiger charge is 2.18. The molecule has 0 saturated heterocycles. The number of nitrogens with two attached hydrogens (primary N) is 2. The third kappa shape index (κ3) is 3.44. The molecule has 0 aliphatic carbocycles. The van der Waals surface area contributed by atoms with Crippen LogP contribution in [0.3, 0.4) is 0 Å². The van der Waals surface area contributed by atoms with E-state index in [9.17, 15) is 4.79 Å². The fourth-order valence-electron chi connectivity index (χ4n) is 1.60. The van der Waals surface area contributed by atoms with Crippen molar-refractivity contribution in [1.82, 2.24) is 0 Å². The van der Waals surface area contributed by atoms with Crippen LogP contribution in [-0.4, -0.2) is 12.0 Å². The standard InChI is InChI=1S/C12H17BrN2O2/c1-3-10(12(15)16)17-11-7(2)4-9(13)5-8(11)6-14/h4-5,10H,3,6,14H2,1-2H3,(H2,15,16). The van der Waals surface area contributed by atoms with E-state index in [2.05, 4.69) is 15.9 Å². The molecule has 0 aromatic heterocycles. The van der Waals surface area contributed by atoms with Crippen LogP contribution in [0.15, 0.2) is 16.6 Å². The molecule has 1 amide bonds. The minimum Gasteiger partial charge on any atom is -0.480 e. The van der Waals surface area contributed by atoms with Crippen LogP contribution in [0, 0.1) is 6.92 Å². The lowest BCUT2D eigenvalue weighted by atomic mass is 10.1. The van der Waals surface area contributed by atoms with Crippen LogP contribution in [0.25, 0.3) is 0 Å². The molecule has 1 rings (SSSR count). The van der Waals surface area contributed by atoms with Crippen molar-refractivity contribution < 1.29 is 9.53 Å². The molecule has 0 fully saturated rings. The molecule has 0 spiro atoms. The van der Waals surface area contributed by atoms with Gasteiger partial charge in [0.2, 0.25) is 0 Å². The molecule has 0 saturated carbocycles. The first kappa shape index (κ1) is 14.0. The summed E-state index contributed by atoms with van der Waals surface area (Å²) in [6, 6.07) is 3.80. The van der Waals surface area contributed by atoms with Crippen molar-refractivity contribution in [3.05, 3.63) is 27.7 Å². The number of amides is 1. The highest BCUT2D eigenvalue weighted by Crippen LogP contribution is 2.29. The number of hydrogen-bond acceptors (Lipinski definition) is 3. The normalized spacial score (nSPS) is 12.2. The monoisotopic (exact) mass is 300 g/mol. The van der Waals surface area contributed by atoms with E-state index in [1.54, 1.807) is 0 Å². The van der Waals surface area contributed by atoms with Crippen LogP contribution in [0.2, 0.25) is 0 Å². The highest BCUT2D eigenvalue weighted by atomic mass is 79.9. The predicted octanol–water partition coefficient (Wildman–Crippen LogP) is 1.86. The molecule has 94 valence electrons. The van der Waals surface area contributed by atoms with Gasteiger partial charge in [-0.25, -0.2) is 0 Å². The van der Waals surface area contributed by atoms with Crippen molar-refractivity contribution >= 4 is 21.8 Å². The first-order valence-electron chi connectivity index (χ1n) is 5.44. The number of hydrogen-bond donors (Lipinski definition) is 2. The molecule has 4 nitrogen and oxygen atoms in total. The number of primary amides is 1. The fourth-order valence-corrected chi connectivity index (χ4v) is 2.22. The van der Waals surface area contributed by atoms with Crippen LogP contribution in [0.5, 0.6) is 5.75 Å². The van der Waals surface area contributed by atoms with E-state index in [1.807, 2.05) is 26.0 Å². The molecule has 1 atom stereocenters. The van der Waals surface area contributed by atoms with Crippen molar-refractivity contribution in [1.29, 1.82) is 0 Å². The van der Waals surface area contributed by atoms with E-state index in [-0.39, 0.29) is 0 Å². The summed E-state index contributed by atoms with van der Waals surface area (Å²) in [7, 11) is 0. The number of ether oxygens (including phenoxy) is 1. The van der Waals surface area contributed by atoms with Gasteiger partial charge in [0.05, 0.1) is 0 Å². The van der Waals surface area contributed by atoms with Gasteiger partial charge >= 0.3 is 0 Å². The van der Waals surface area contributed by atoms with Gasteiger partial charge in [-0.05, 0) is 31.0 Å². The average Bonchev–Trinajstić information content (AvgIpc) is 2.26. The molecular weight excluding hydrogens is 284 g/mol. The summed E-state index contributed by atoms with van der Waals surface area (Å²) in [5.41, 5.74) is 12.7. The molecule has 0 heterocycles. The van der Waals surface area contributed by atoms with Gasteiger partial charge in [0, 0.05) is 16.6 Å². The topological polar surface area (TPSA) is 78.3 Å². The van der Waals surface area contributed by atoms with E-state index in [0.29, 0.717) is 18.7 Å². The second-order valence-corrected chi connectivity index (χ2v) is 4.75. The Morgan fingerprint density at radius 1 is 1.53 bits per heavy atom. The van der Waals surface area contributed by atoms with E-state index in [1.165, 1.54) is 0 Å². The number of halogens is 1. The van der Waals surface area contributed by atoms with Gasteiger partial charge in [-0.2, -0.15) is 0 Å². The van der Waals surface area contributed by atoms with Gasteiger partial charge in [0.25, 0.3) is 5.91 Å².